The molecule has 1 saturated heterocycles. The zero-order valence-corrected chi connectivity index (χ0v) is 14.8. The third-order valence-electron chi connectivity index (χ3n) is 3.78. The van der Waals surface area contributed by atoms with E-state index in [1.807, 2.05) is 19.9 Å². The van der Waals surface area contributed by atoms with Gasteiger partial charge in [0.25, 0.3) is 5.69 Å². The molecule has 1 heterocycles. The van der Waals surface area contributed by atoms with Crippen molar-refractivity contribution in [2.45, 2.75) is 26.1 Å². The number of nitrogens with one attached hydrogen (secondary N) is 1. The van der Waals surface area contributed by atoms with Gasteiger partial charge in [0.2, 0.25) is 10.0 Å². The van der Waals surface area contributed by atoms with Crippen LogP contribution in [0, 0.1) is 21.4 Å². The van der Waals surface area contributed by atoms with E-state index in [-0.39, 0.29) is 41.4 Å². The smallest absolute Gasteiger partial charge is 0.293 e. The number of morpholine rings is 1. The molecular formula is C15H20N4O5S. The highest BCUT2D eigenvalue weighted by Gasteiger charge is 2.30. The molecule has 1 N–H and O–H groups in total. The minimum atomic E-state index is -3.50. The van der Waals surface area contributed by atoms with E-state index in [4.69, 9.17) is 10.00 Å². The van der Waals surface area contributed by atoms with E-state index in [9.17, 15) is 18.5 Å². The van der Waals surface area contributed by atoms with E-state index in [1.165, 1.54) is 16.4 Å². The van der Waals surface area contributed by atoms with Crippen molar-refractivity contribution in [2.24, 2.45) is 0 Å². The van der Waals surface area contributed by atoms with Gasteiger partial charge in [-0.3, -0.25) is 10.1 Å². The van der Waals surface area contributed by atoms with Gasteiger partial charge in [0, 0.05) is 25.7 Å². The molecule has 0 aliphatic carbocycles. The molecule has 0 saturated carbocycles. The lowest BCUT2D eigenvalue weighted by molar-refractivity contribution is -0.384. The quantitative estimate of drug-likeness (QED) is 0.593. The monoisotopic (exact) mass is 368 g/mol. The topological polar surface area (TPSA) is 126 Å². The molecule has 136 valence electrons. The number of nitrogens with zero attached hydrogens (tertiary/aromatic N) is 3. The van der Waals surface area contributed by atoms with Gasteiger partial charge in [0.1, 0.15) is 5.69 Å². The molecule has 0 bridgehead atoms. The molecular weight excluding hydrogens is 348 g/mol. The van der Waals surface area contributed by atoms with E-state index in [1.54, 1.807) is 0 Å². The molecule has 2 rings (SSSR count). The zero-order chi connectivity index (χ0) is 18.6. The highest BCUT2D eigenvalue weighted by molar-refractivity contribution is 7.89. The maximum Gasteiger partial charge on any atom is 0.293 e. The molecule has 9 nitrogen and oxygen atoms in total. The number of nitro benzene ring substituents is 1. The summed E-state index contributed by atoms with van der Waals surface area (Å²) in [6.45, 7) is 4.25. The number of sulfonamides is 1. The minimum absolute atomic E-state index is 0.0230. The molecule has 1 aromatic carbocycles. The molecule has 0 unspecified atom stereocenters. The maximum absolute atomic E-state index is 12.4. The van der Waals surface area contributed by atoms with Crippen LogP contribution in [0.1, 0.15) is 19.4 Å². The van der Waals surface area contributed by atoms with Crippen molar-refractivity contribution in [2.75, 3.05) is 30.7 Å². The normalized spacial score (nSPS) is 21.5. The molecule has 25 heavy (non-hydrogen) atoms. The highest BCUT2D eigenvalue weighted by Crippen LogP contribution is 2.25. The Morgan fingerprint density at radius 2 is 2.04 bits per heavy atom. The zero-order valence-electron chi connectivity index (χ0n) is 14.0. The van der Waals surface area contributed by atoms with Crippen LogP contribution in [0.2, 0.25) is 0 Å². The van der Waals surface area contributed by atoms with Crippen molar-refractivity contribution in [3.8, 4) is 6.07 Å². The Morgan fingerprint density at radius 3 is 2.60 bits per heavy atom. The first kappa shape index (κ1) is 19.1. The third kappa shape index (κ3) is 4.88. The number of nitriles is 1. The molecule has 0 radical (unpaired) electrons. The van der Waals surface area contributed by atoms with Crippen LogP contribution < -0.4 is 5.32 Å². The molecule has 10 heteroatoms. The summed E-state index contributed by atoms with van der Waals surface area (Å²) in [6, 6.07) is 5.83. The summed E-state index contributed by atoms with van der Waals surface area (Å²) in [6.07, 6.45) is -0.350. The summed E-state index contributed by atoms with van der Waals surface area (Å²) in [5, 5.41) is 22.7. The van der Waals surface area contributed by atoms with E-state index < -0.39 is 14.9 Å². The summed E-state index contributed by atoms with van der Waals surface area (Å²) < 4.78 is 31.8. The number of hydrogen-bond acceptors (Lipinski definition) is 7. The van der Waals surface area contributed by atoms with Gasteiger partial charge in [0.15, 0.2) is 0 Å². The molecule has 0 amide bonds. The van der Waals surface area contributed by atoms with Crippen molar-refractivity contribution >= 4 is 21.4 Å². The van der Waals surface area contributed by atoms with Gasteiger partial charge >= 0.3 is 0 Å². The van der Waals surface area contributed by atoms with Gasteiger partial charge in [-0.25, -0.2) is 8.42 Å². The molecule has 0 spiro atoms. The first-order valence-electron chi connectivity index (χ1n) is 7.78. The van der Waals surface area contributed by atoms with Gasteiger partial charge in [0.05, 0.1) is 34.5 Å². The van der Waals surface area contributed by atoms with Crippen LogP contribution in [-0.4, -0.2) is 55.2 Å². The van der Waals surface area contributed by atoms with Crippen LogP contribution in [0.25, 0.3) is 0 Å². The van der Waals surface area contributed by atoms with Crippen LogP contribution in [0.4, 0.5) is 11.4 Å². The second-order valence-electron chi connectivity index (χ2n) is 5.92. The fourth-order valence-corrected chi connectivity index (χ4v) is 4.20. The molecule has 1 aliphatic rings. The molecule has 0 aromatic heterocycles. The van der Waals surface area contributed by atoms with Crippen molar-refractivity contribution < 1.29 is 18.1 Å². The standard InChI is InChI=1S/C15H20N4O5S/c1-11-9-18(10-12(2)24-11)25(22,23)6-5-17-14-4-3-13(8-16)7-15(14)19(20)21/h3-4,7,11-12,17H,5-6,9-10H2,1-2H3/t11-,12-/m0/s1. The average molecular weight is 368 g/mol. The lowest BCUT2D eigenvalue weighted by Crippen LogP contribution is -2.49. The lowest BCUT2D eigenvalue weighted by atomic mass is 10.2. The lowest BCUT2D eigenvalue weighted by Gasteiger charge is -2.34. The van der Waals surface area contributed by atoms with Crippen LogP contribution in [-0.2, 0) is 14.8 Å². The van der Waals surface area contributed by atoms with Crippen molar-refractivity contribution in [3.63, 3.8) is 0 Å². The van der Waals surface area contributed by atoms with E-state index >= 15 is 0 Å². The van der Waals surface area contributed by atoms with Crippen LogP contribution in [0.15, 0.2) is 18.2 Å². The van der Waals surface area contributed by atoms with Crippen LogP contribution in [0.3, 0.4) is 0 Å². The summed E-state index contributed by atoms with van der Waals surface area (Å²) >= 11 is 0. The summed E-state index contributed by atoms with van der Waals surface area (Å²) in [5.41, 5.74) is 0.0918. The average Bonchev–Trinajstić information content (AvgIpc) is 2.53. The Balaban J connectivity index is 2.03. The first-order chi connectivity index (χ1) is 11.7. The SMILES string of the molecule is C[C@H]1CN(S(=O)(=O)CCNc2ccc(C#N)cc2[N+](=O)[O-])C[C@H](C)O1. The Hall–Kier alpha value is -2.22. The van der Waals surface area contributed by atoms with E-state index in [0.29, 0.717) is 13.1 Å². The molecule has 2 atom stereocenters. The fourth-order valence-electron chi connectivity index (χ4n) is 2.70. The van der Waals surface area contributed by atoms with E-state index in [0.717, 1.165) is 6.07 Å². The fraction of sp³-hybridized carbons (Fsp3) is 0.533. The Labute approximate surface area is 146 Å². The Morgan fingerprint density at radius 1 is 1.40 bits per heavy atom. The number of ether oxygens (including phenoxy) is 1. The van der Waals surface area contributed by atoms with Gasteiger partial charge in [-0.15, -0.1) is 0 Å². The minimum Gasteiger partial charge on any atom is -0.378 e. The van der Waals surface area contributed by atoms with Crippen LogP contribution in [0.5, 0.6) is 0 Å². The molecule has 1 aromatic rings. The number of benzene rings is 1. The number of hydrogen-bond donors (Lipinski definition) is 1. The summed E-state index contributed by atoms with van der Waals surface area (Å²) in [7, 11) is -3.50. The molecule has 1 fully saturated rings. The van der Waals surface area contributed by atoms with Gasteiger partial charge in [-0.2, -0.15) is 9.57 Å². The number of rotatable bonds is 6. The highest BCUT2D eigenvalue weighted by atomic mass is 32.2. The predicted molar refractivity (Wildman–Crippen MR) is 91.7 cm³/mol. The Kier molecular flexibility index (Phi) is 5.94. The second-order valence-corrected chi connectivity index (χ2v) is 8.01. The summed E-state index contributed by atoms with van der Waals surface area (Å²) in [4.78, 5) is 10.5. The maximum atomic E-state index is 12.4. The number of nitro groups is 1. The number of anilines is 1. The Bertz CT molecular complexity index is 780. The third-order valence-corrected chi connectivity index (χ3v) is 5.58. The predicted octanol–water partition coefficient (Wildman–Crippen LogP) is 1.32. The summed E-state index contributed by atoms with van der Waals surface area (Å²) in [5.74, 6) is -0.191. The second kappa shape index (κ2) is 7.77. The van der Waals surface area contributed by atoms with Crippen molar-refractivity contribution in [1.29, 1.82) is 5.26 Å². The van der Waals surface area contributed by atoms with Crippen molar-refractivity contribution in [3.05, 3.63) is 33.9 Å². The first-order valence-corrected chi connectivity index (χ1v) is 9.39. The van der Waals surface area contributed by atoms with Crippen molar-refractivity contribution in [1.82, 2.24) is 4.31 Å². The van der Waals surface area contributed by atoms with E-state index in [2.05, 4.69) is 5.32 Å². The van der Waals surface area contributed by atoms with Gasteiger partial charge in [-0.1, -0.05) is 0 Å². The molecule has 1 aliphatic heterocycles. The van der Waals surface area contributed by atoms with Crippen LogP contribution >= 0.6 is 0 Å². The van der Waals surface area contributed by atoms with Gasteiger partial charge < -0.3 is 10.1 Å². The van der Waals surface area contributed by atoms with Gasteiger partial charge in [-0.05, 0) is 26.0 Å². The largest absolute Gasteiger partial charge is 0.378 e.